The van der Waals surface area contributed by atoms with Crippen LogP contribution in [-0.4, -0.2) is 31.7 Å². The minimum Gasteiger partial charge on any atom is -0.466 e. The van der Waals surface area contributed by atoms with Gasteiger partial charge in [0.15, 0.2) is 9.84 Å². The summed E-state index contributed by atoms with van der Waals surface area (Å²) in [6, 6.07) is 4.54. The van der Waals surface area contributed by atoms with E-state index < -0.39 is 32.4 Å². The number of ether oxygens (including phenoxy) is 1. The van der Waals surface area contributed by atoms with Crippen molar-refractivity contribution >= 4 is 21.5 Å². The normalized spacial score (nSPS) is 12.7. The van der Waals surface area contributed by atoms with Crippen LogP contribution in [0.15, 0.2) is 29.2 Å². The Morgan fingerprint density at radius 2 is 1.90 bits per heavy atom. The highest BCUT2D eigenvalue weighted by molar-refractivity contribution is 7.91. The van der Waals surface area contributed by atoms with Gasteiger partial charge in [0.25, 0.3) is 5.69 Å². The number of nitro groups is 1. The Kier molecular flexibility index (Phi) is 5.20. The Bertz CT molecular complexity index is 593. The molecule has 1 unspecified atom stereocenters. The summed E-state index contributed by atoms with van der Waals surface area (Å²) in [6.45, 7) is 3.27. The number of hydrogen-bond donors (Lipinski definition) is 0. The van der Waals surface area contributed by atoms with Crippen molar-refractivity contribution in [1.82, 2.24) is 0 Å². The molecule has 110 valence electrons. The number of non-ortho nitro benzene ring substituents is 1. The van der Waals surface area contributed by atoms with Crippen molar-refractivity contribution < 1.29 is 22.9 Å². The molecule has 0 radical (unpaired) electrons. The van der Waals surface area contributed by atoms with Gasteiger partial charge in [-0.25, -0.2) is 8.42 Å². The molecule has 8 heteroatoms. The van der Waals surface area contributed by atoms with Crippen LogP contribution in [0.5, 0.6) is 0 Å². The second-order valence-electron chi connectivity index (χ2n) is 4.19. The highest BCUT2D eigenvalue weighted by atomic mass is 32.2. The molecule has 0 amide bonds. The summed E-state index contributed by atoms with van der Waals surface area (Å²) >= 11 is 0. The van der Waals surface area contributed by atoms with Crippen molar-refractivity contribution in [2.45, 2.75) is 18.7 Å². The van der Waals surface area contributed by atoms with Crippen LogP contribution in [0.1, 0.15) is 13.8 Å². The molecule has 7 nitrogen and oxygen atoms in total. The number of carbonyl (C=O) groups excluding carboxylic acids is 1. The van der Waals surface area contributed by atoms with Crippen molar-refractivity contribution in [3.05, 3.63) is 34.4 Å². The Balaban J connectivity index is 2.88. The molecule has 0 saturated heterocycles. The first-order chi connectivity index (χ1) is 9.27. The van der Waals surface area contributed by atoms with E-state index in [0.717, 1.165) is 24.3 Å². The van der Waals surface area contributed by atoms with Gasteiger partial charge >= 0.3 is 5.97 Å². The summed E-state index contributed by atoms with van der Waals surface area (Å²) in [5, 5.41) is 10.5. The average Bonchev–Trinajstić information content (AvgIpc) is 2.38. The number of benzene rings is 1. The molecule has 0 aliphatic heterocycles. The highest BCUT2D eigenvalue weighted by Crippen LogP contribution is 2.19. The smallest absolute Gasteiger partial charge is 0.309 e. The zero-order chi connectivity index (χ0) is 15.3. The lowest BCUT2D eigenvalue weighted by Gasteiger charge is -2.11. The minimum atomic E-state index is -3.69. The molecule has 0 aliphatic carbocycles. The molecule has 1 aromatic rings. The fraction of sp³-hybridized carbons (Fsp3) is 0.417. The lowest BCUT2D eigenvalue weighted by Crippen LogP contribution is -2.23. The summed E-state index contributed by atoms with van der Waals surface area (Å²) in [6.07, 6.45) is 0. The maximum atomic E-state index is 12.1. The van der Waals surface area contributed by atoms with E-state index in [2.05, 4.69) is 0 Å². The fourth-order valence-electron chi connectivity index (χ4n) is 1.55. The molecular formula is C12H15NO6S. The number of nitro benzene ring substituents is 1. The molecule has 0 aromatic heterocycles. The van der Waals surface area contributed by atoms with Crippen molar-refractivity contribution in [2.75, 3.05) is 12.4 Å². The van der Waals surface area contributed by atoms with Crippen LogP contribution in [0, 0.1) is 16.0 Å². The van der Waals surface area contributed by atoms with E-state index in [1.807, 2.05) is 0 Å². The lowest BCUT2D eigenvalue weighted by atomic mass is 10.2. The van der Waals surface area contributed by atoms with Gasteiger partial charge < -0.3 is 4.74 Å². The summed E-state index contributed by atoms with van der Waals surface area (Å²) in [5.41, 5.74) is -0.192. The Hall–Kier alpha value is -1.96. The largest absolute Gasteiger partial charge is 0.466 e. The average molecular weight is 301 g/mol. The van der Waals surface area contributed by atoms with Gasteiger partial charge in [0, 0.05) is 12.1 Å². The van der Waals surface area contributed by atoms with Gasteiger partial charge in [-0.3, -0.25) is 14.9 Å². The minimum absolute atomic E-state index is 0.0563. The lowest BCUT2D eigenvalue weighted by molar-refractivity contribution is -0.384. The third-order valence-electron chi connectivity index (χ3n) is 2.57. The molecule has 1 atom stereocenters. The number of hydrogen-bond acceptors (Lipinski definition) is 6. The van der Waals surface area contributed by atoms with E-state index in [0.29, 0.717) is 0 Å². The van der Waals surface area contributed by atoms with E-state index in [1.54, 1.807) is 6.92 Å². The third kappa shape index (κ3) is 4.02. The molecule has 1 aromatic carbocycles. The van der Waals surface area contributed by atoms with Gasteiger partial charge in [-0.05, 0) is 19.1 Å². The molecule has 1 rings (SSSR count). The van der Waals surface area contributed by atoms with E-state index in [-0.39, 0.29) is 17.2 Å². The molecule has 20 heavy (non-hydrogen) atoms. The van der Waals surface area contributed by atoms with E-state index in [4.69, 9.17) is 4.74 Å². The van der Waals surface area contributed by atoms with Crippen LogP contribution < -0.4 is 0 Å². The van der Waals surface area contributed by atoms with Crippen molar-refractivity contribution in [3.8, 4) is 0 Å². The predicted octanol–water partition coefficient (Wildman–Crippen LogP) is 1.57. The van der Waals surface area contributed by atoms with Gasteiger partial charge in [-0.1, -0.05) is 6.92 Å². The van der Waals surface area contributed by atoms with Crippen molar-refractivity contribution in [1.29, 1.82) is 0 Å². The van der Waals surface area contributed by atoms with Gasteiger partial charge in [0.1, 0.15) is 0 Å². The van der Waals surface area contributed by atoms with Gasteiger partial charge in [-0.15, -0.1) is 0 Å². The molecule has 0 N–H and O–H groups in total. The van der Waals surface area contributed by atoms with Crippen LogP contribution >= 0.6 is 0 Å². The zero-order valence-electron chi connectivity index (χ0n) is 11.1. The highest BCUT2D eigenvalue weighted by Gasteiger charge is 2.24. The van der Waals surface area contributed by atoms with Crippen LogP contribution in [0.25, 0.3) is 0 Å². The topological polar surface area (TPSA) is 104 Å². The third-order valence-corrected chi connectivity index (χ3v) is 4.49. The SMILES string of the molecule is CCOC(=O)C(C)CS(=O)(=O)c1ccc([N+](=O)[O-])cc1. The van der Waals surface area contributed by atoms with Crippen LogP contribution in [-0.2, 0) is 19.4 Å². The summed E-state index contributed by atoms with van der Waals surface area (Å²) in [7, 11) is -3.69. The number of sulfone groups is 1. The second-order valence-corrected chi connectivity index (χ2v) is 6.22. The van der Waals surface area contributed by atoms with Gasteiger partial charge in [0.05, 0.1) is 28.1 Å². The molecule has 0 heterocycles. The van der Waals surface area contributed by atoms with Crippen molar-refractivity contribution in [3.63, 3.8) is 0 Å². The molecule has 0 saturated carbocycles. The van der Waals surface area contributed by atoms with E-state index in [9.17, 15) is 23.3 Å². The van der Waals surface area contributed by atoms with Gasteiger partial charge in [0.2, 0.25) is 0 Å². The molecular weight excluding hydrogens is 286 g/mol. The van der Waals surface area contributed by atoms with Gasteiger partial charge in [-0.2, -0.15) is 0 Å². The number of carbonyl (C=O) groups is 1. The molecule has 0 spiro atoms. The quantitative estimate of drug-likeness (QED) is 0.449. The molecule has 0 fully saturated rings. The standard InChI is InChI=1S/C12H15NO6S/c1-3-19-12(14)9(2)8-20(17,18)11-6-4-10(5-7-11)13(15)16/h4-7,9H,3,8H2,1-2H3. The van der Waals surface area contributed by atoms with E-state index in [1.165, 1.54) is 6.92 Å². The monoisotopic (exact) mass is 301 g/mol. The maximum absolute atomic E-state index is 12.1. The van der Waals surface area contributed by atoms with Crippen LogP contribution in [0.2, 0.25) is 0 Å². The molecule has 0 bridgehead atoms. The fourth-order valence-corrected chi connectivity index (χ4v) is 3.09. The zero-order valence-corrected chi connectivity index (χ0v) is 11.9. The number of rotatable bonds is 6. The summed E-state index contributed by atoms with van der Waals surface area (Å²) < 4.78 is 28.9. The van der Waals surface area contributed by atoms with Crippen LogP contribution in [0.3, 0.4) is 0 Å². The number of esters is 1. The first-order valence-electron chi connectivity index (χ1n) is 5.91. The second kappa shape index (κ2) is 6.47. The summed E-state index contributed by atoms with van der Waals surface area (Å²) in [5.74, 6) is -1.78. The first kappa shape index (κ1) is 16.1. The summed E-state index contributed by atoms with van der Waals surface area (Å²) in [4.78, 5) is 21.2. The Morgan fingerprint density at radius 3 is 2.35 bits per heavy atom. The first-order valence-corrected chi connectivity index (χ1v) is 7.57. The maximum Gasteiger partial charge on any atom is 0.309 e. The Morgan fingerprint density at radius 1 is 1.35 bits per heavy atom. The number of nitrogens with zero attached hydrogens (tertiary/aromatic N) is 1. The Labute approximate surface area is 116 Å². The van der Waals surface area contributed by atoms with Crippen LogP contribution in [0.4, 0.5) is 5.69 Å². The molecule has 0 aliphatic rings. The van der Waals surface area contributed by atoms with Crippen molar-refractivity contribution in [2.24, 2.45) is 5.92 Å². The predicted molar refractivity (Wildman–Crippen MR) is 70.9 cm³/mol. The van der Waals surface area contributed by atoms with E-state index >= 15 is 0 Å².